The zero-order valence-electron chi connectivity index (χ0n) is 14.2. The van der Waals surface area contributed by atoms with Crippen molar-refractivity contribution in [3.05, 3.63) is 47.7 Å². The summed E-state index contributed by atoms with van der Waals surface area (Å²) in [4.78, 5) is 17.0. The van der Waals surface area contributed by atoms with Gasteiger partial charge in [0, 0.05) is 24.2 Å². The summed E-state index contributed by atoms with van der Waals surface area (Å²) in [7, 11) is 1.90. The number of para-hydroxylation sites is 1. The van der Waals surface area contributed by atoms with Crippen LogP contribution < -0.4 is 5.73 Å². The largest absolute Gasteiger partial charge is 0.461 e. The Kier molecular flexibility index (Phi) is 4.53. The Morgan fingerprint density at radius 2 is 2.25 bits per heavy atom. The van der Waals surface area contributed by atoms with Gasteiger partial charge in [0.15, 0.2) is 0 Å². The first-order valence-electron chi connectivity index (χ1n) is 8.32. The Morgan fingerprint density at radius 1 is 1.42 bits per heavy atom. The Labute approximate surface area is 141 Å². The van der Waals surface area contributed by atoms with E-state index in [4.69, 9.17) is 15.5 Å². The zero-order valence-corrected chi connectivity index (χ0v) is 14.2. The molecular weight excluding hydrogens is 302 g/mol. The van der Waals surface area contributed by atoms with Crippen LogP contribution >= 0.6 is 0 Å². The number of hydrogen-bond acceptors (Lipinski definition) is 4. The van der Waals surface area contributed by atoms with Crippen molar-refractivity contribution in [2.24, 2.45) is 17.8 Å². The molecule has 1 aliphatic rings. The molecule has 2 heterocycles. The molecule has 0 bridgehead atoms. The number of allylic oxidation sites excluding steroid dienone is 1. The molecule has 5 nitrogen and oxygen atoms in total. The van der Waals surface area contributed by atoms with Gasteiger partial charge >= 0.3 is 5.97 Å². The minimum atomic E-state index is -0.406. The van der Waals surface area contributed by atoms with Crippen LogP contribution in [0.4, 0.5) is 0 Å². The lowest BCUT2D eigenvalue weighted by Crippen LogP contribution is -2.22. The highest BCUT2D eigenvalue weighted by Crippen LogP contribution is 2.39. The molecule has 126 valence electrons. The number of carbonyl (C=O) groups excluding carboxylic acids is 1. The third-order valence-electron chi connectivity index (χ3n) is 4.53. The third kappa shape index (κ3) is 2.65. The van der Waals surface area contributed by atoms with E-state index in [1.807, 2.05) is 49.0 Å². The van der Waals surface area contributed by atoms with Crippen LogP contribution in [0, 0.1) is 0 Å². The average Bonchev–Trinajstić information content (AvgIpc) is 3.19. The van der Waals surface area contributed by atoms with Gasteiger partial charge < -0.3 is 15.0 Å². The number of aliphatic imine (C=N–C) groups is 1. The summed E-state index contributed by atoms with van der Waals surface area (Å²) >= 11 is 0. The molecule has 0 radical (unpaired) electrons. The van der Waals surface area contributed by atoms with Crippen LogP contribution in [0.2, 0.25) is 0 Å². The van der Waals surface area contributed by atoms with Gasteiger partial charge in [-0.2, -0.15) is 0 Å². The molecule has 0 saturated heterocycles. The van der Waals surface area contributed by atoms with E-state index >= 15 is 0 Å². The number of hydrogen-bond donors (Lipinski definition) is 1. The van der Waals surface area contributed by atoms with Crippen molar-refractivity contribution < 1.29 is 9.53 Å². The fourth-order valence-electron chi connectivity index (χ4n) is 3.40. The summed E-state index contributed by atoms with van der Waals surface area (Å²) in [6, 6.07) is 8.00. The van der Waals surface area contributed by atoms with E-state index in [0.717, 1.165) is 29.3 Å². The van der Waals surface area contributed by atoms with Crippen molar-refractivity contribution in [3.8, 4) is 0 Å². The van der Waals surface area contributed by atoms with E-state index in [9.17, 15) is 4.79 Å². The Morgan fingerprint density at radius 3 is 2.92 bits per heavy atom. The number of ether oxygens (including phenoxy) is 1. The Hall–Kier alpha value is -2.40. The van der Waals surface area contributed by atoms with E-state index in [0.29, 0.717) is 18.8 Å². The number of nitrogens with zero attached hydrogens (tertiary/aromatic N) is 2. The normalized spacial score (nSPS) is 19.3. The van der Waals surface area contributed by atoms with Crippen LogP contribution in [-0.4, -0.2) is 29.9 Å². The minimum absolute atomic E-state index is 0.302. The summed E-state index contributed by atoms with van der Waals surface area (Å²) in [6.45, 7) is 2.80. The first-order chi connectivity index (χ1) is 11.6. The summed E-state index contributed by atoms with van der Waals surface area (Å²) < 4.78 is 7.09. The van der Waals surface area contributed by atoms with Gasteiger partial charge in [-0.15, -0.1) is 0 Å². The van der Waals surface area contributed by atoms with E-state index in [-0.39, 0.29) is 5.97 Å². The molecule has 1 atom stereocenters. The number of benzene rings is 1. The molecule has 1 unspecified atom stereocenters. The summed E-state index contributed by atoms with van der Waals surface area (Å²) in [5, 5.41) is 1.01. The van der Waals surface area contributed by atoms with Crippen LogP contribution in [0.3, 0.4) is 0 Å². The lowest BCUT2D eigenvalue weighted by atomic mass is 9.85. The molecule has 0 fully saturated rings. The second-order valence-corrected chi connectivity index (χ2v) is 6.01. The molecule has 0 spiro atoms. The van der Waals surface area contributed by atoms with Crippen molar-refractivity contribution in [3.63, 3.8) is 0 Å². The molecule has 2 N–H and O–H groups in total. The van der Waals surface area contributed by atoms with Crippen molar-refractivity contribution in [2.75, 3.05) is 13.2 Å². The van der Waals surface area contributed by atoms with Crippen molar-refractivity contribution in [1.82, 2.24) is 4.57 Å². The van der Waals surface area contributed by atoms with Gasteiger partial charge in [0.2, 0.25) is 0 Å². The molecule has 0 aliphatic carbocycles. The molecule has 3 rings (SSSR count). The fraction of sp³-hybridized carbons (Fsp3) is 0.368. The maximum Gasteiger partial charge on any atom is 0.354 e. The maximum atomic E-state index is 12.2. The zero-order chi connectivity index (χ0) is 17.2. The van der Waals surface area contributed by atoms with Gasteiger partial charge in [-0.1, -0.05) is 24.3 Å². The van der Waals surface area contributed by atoms with E-state index < -0.39 is 5.54 Å². The standard InChI is InChI=1S/C19H23N3O2/c1-3-24-18(23)16-13-14-7-4-8-15(17(14)22(16)2)19(9-5-11-20)10-6-12-21-19/h4,6-8,10,12-13H,3,5,9,11,20H2,1-2H3. The minimum Gasteiger partial charge on any atom is -0.461 e. The van der Waals surface area contributed by atoms with Gasteiger partial charge in [0.05, 0.1) is 12.1 Å². The van der Waals surface area contributed by atoms with Crippen molar-refractivity contribution in [1.29, 1.82) is 0 Å². The SMILES string of the molecule is CCOC(=O)c1cc2cccc(C3(CCCN)C=CC=N3)c2n1C. The quantitative estimate of drug-likeness (QED) is 0.830. The number of fused-ring (bicyclic) bond motifs is 1. The Bertz CT molecular complexity index is 805. The van der Waals surface area contributed by atoms with Crippen LogP contribution in [0.1, 0.15) is 35.8 Å². The number of rotatable bonds is 6. The monoisotopic (exact) mass is 325 g/mol. The van der Waals surface area contributed by atoms with Crippen LogP contribution in [0.25, 0.3) is 10.9 Å². The van der Waals surface area contributed by atoms with Gasteiger partial charge in [0.25, 0.3) is 0 Å². The average molecular weight is 325 g/mol. The lowest BCUT2D eigenvalue weighted by Gasteiger charge is -2.26. The highest BCUT2D eigenvalue weighted by molar-refractivity contribution is 5.97. The van der Waals surface area contributed by atoms with Crippen LogP contribution in [0.5, 0.6) is 0 Å². The second-order valence-electron chi connectivity index (χ2n) is 6.01. The number of carbonyl (C=O) groups is 1. The number of aromatic nitrogens is 1. The van der Waals surface area contributed by atoms with Crippen molar-refractivity contribution in [2.45, 2.75) is 25.3 Å². The predicted molar refractivity (Wildman–Crippen MR) is 96.5 cm³/mol. The van der Waals surface area contributed by atoms with Crippen molar-refractivity contribution >= 4 is 23.1 Å². The Balaban J connectivity index is 2.16. The van der Waals surface area contributed by atoms with E-state index in [2.05, 4.69) is 12.1 Å². The van der Waals surface area contributed by atoms with Crippen LogP contribution in [-0.2, 0) is 17.3 Å². The molecule has 1 aliphatic heterocycles. The summed E-state index contributed by atoms with van der Waals surface area (Å²) in [5.74, 6) is -0.302. The lowest BCUT2D eigenvalue weighted by molar-refractivity contribution is 0.0516. The first kappa shape index (κ1) is 16.5. The predicted octanol–water partition coefficient (Wildman–Crippen LogP) is 2.93. The number of aryl methyl sites for hydroxylation is 1. The number of esters is 1. The molecule has 2 aromatic rings. The third-order valence-corrected chi connectivity index (χ3v) is 4.53. The van der Waals surface area contributed by atoms with Gasteiger partial charge in [0.1, 0.15) is 11.2 Å². The maximum absolute atomic E-state index is 12.2. The highest BCUT2D eigenvalue weighted by Gasteiger charge is 2.32. The van der Waals surface area contributed by atoms with E-state index in [1.165, 1.54) is 0 Å². The molecule has 5 heteroatoms. The topological polar surface area (TPSA) is 69.6 Å². The second kappa shape index (κ2) is 6.61. The summed E-state index contributed by atoms with van der Waals surface area (Å²) in [5.41, 5.74) is 7.98. The summed E-state index contributed by atoms with van der Waals surface area (Å²) in [6.07, 6.45) is 7.66. The van der Waals surface area contributed by atoms with Gasteiger partial charge in [-0.3, -0.25) is 4.99 Å². The highest BCUT2D eigenvalue weighted by atomic mass is 16.5. The fourth-order valence-corrected chi connectivity index (χ4v) is 3.40. The van der Waals surface area contributed by atoms with Gasteiger partial charge in [-0.25, -0.2) is 4.79 Å². The van der Waals surface area contributed by atoms with E-state index in [1.54, 1.807) is 0 Å². The molecular formula is C19H23N3O2. The molecule has 1 aromatic heterocycles. The molecule has 0 saturated carbocycles. The molecule has 1 aromatic carbocycles. The molecule has 24 heavy (non-hydrogen) atoms. The molecule has 0 amide bonds. The number of nitrogens with two attached hydrogens (primary N) is 1. The van der Waals surface area contributed by atoms with Gasteiger partial charge in [-0.05, 0) is 38.5 Å². The first-order valence-corrected chi connectivity index (χ1v) is 8.32. The smallest absolute Gasteiger partial charge is 0.354 e. The van der Waals surface area contributed by atoms with Crippen LogP contribution in [0.15, 0.2) is 41.4 Å².